The van der Waals surface area contributed by atoms with Crippen LogP contribution < -0.4 is 10.6 Å². The minimum Gasteiger partial charge on any atom is -0.352 e. The lowest BCUT2D eigenvalue weighted by Crippen LogP contribution is -2.22. The second-order valence-corrected chi connectivity index (χ2v) is 8.69. The standard InChI is InChI=1S/C23H26ClFN2O2/c1-5-19(28)26-12-16-11-17(8-9-18(16)25)27-22(29)21-20(23(21,4)24)15-7-6-13(2)14(3)10-15/h6-11,20-21H,5,12H2,1-4H3,(H,26,28)(H,27,29). The van der Waals surface area contributed by atoms with Crippen molar-refractivity contribution in [3.8, 4) is 0 Å². The highest BCUT2D eigenvalue weighted by atomic mass is 35.5. The molecule has 0 heterocycles. The summed E-state index contributed by atoms with van der Waals surface area (Å²) in [6, 6.07) is 10.5. The first-order valence-corrected chi connectivity index (χ1v) is 10.1. The number of carbonyl (C=O) groups is 2. The number of benzene rings is 2. The Morgan fingerprint density at radius 2 is 1.86 bits per heavy atom. The van der Waals surface area contributed by atoms with Crippen LogP contribution in [0.3, 0.4) is 0 Å². The molecule has 4 nitrogen and oxygen atoms in total. The number of halogens is 2. The summed E-state index contributed by atoms with van der Waals surface area (Å²) in [4.78, 5) is 23.6. The van der Waals surface area contributed by atoms with Crippen molar-refractivity contribution in [1.29, 1.82) is 0 Å². The summed E-state index contributed by atoms with van der Waals surface area (Å²) >= 11 is 6.65. The summed E-state index contributed by atoms with van der Waals surface area (Å²) in [6.07, 6.45) is 0.327. The summed E-state index contributed by atoms with van der Waals surface area (Å²) in [5.41, 5.74) is 4.21. The molecule has 2 aromatic rings. The van der Waals surface area contributed by atoms with E-state index in [0.29, 0.717) is 17.7 Å². The number of rotatable bonds is 6. The monoisotopic (exact) mass is 416 g/mol. The molecule has 2 aromatic carbocycles. The van der Waals surface area contributed by atoms with E-state index in [1.165, 1.54) is 23.3 Å². The average Bonchev–Trinajstić information content (AvgIpc) is 3.26. The van der Waals surface area contributed by atoms with Crippen LogP contribution in [0.25, 0.3) is 0 Å². The highest BCUT2D eigenvalue weighted by molar-refractivity contribution is 6.30. The van der Waals surface area contributed by atoms with E-state index in [2.05, 4.69) is 16.7 Å². The van der Waals surface area contributed by atoms with Gasteiger partial charge in [-0.1, -0.05) is 25.1 Å². The zero-order valence-electron chi connectivity index (χ0n) is 17.1. The first-order chi connectivity index (χ1) is 13.6. The summed E-state index contributed by atoms with van der Waals surface area (Å²) in [5, 5.41) is 5.50. The van der Waals surface area contributed by atoms with Gasteiger partial charge >= 0.3 is 0 Å². The molecule has 29 heavy (non-hydrogen) atoms. The van der Waals surface area contributed by atoms with Gasteiger partial charge in [-0.05, 0) is 55.7 Å². The van der Waals surface area contributed by atoms with Gasteiger partial charge in [0, 0.05) is 30.1 Å². The van der Waals surface area contributed by atoms with Crippen molar-refractivity contribution >= 4 is 29.1 Å². The minimum absolute atomic E-state index is 0.0735. The van der Waals surface area contributed by atoms with Crippen LogP contribution in [0.4, 0.5) is 10.1 Å². The molecule has 2 N–H and O–H groups in total. The highest BCUT2D eigenvalue weighted by Crippen LogP contribution is 2.62. The summed E-state index contributed by atoms with van der Waals surface area (Å²) in [7, 11) is 0. The Kier molecular flexibility index (Phi) is 5.99. The van der Waals surface area contributed by atoms with Crippen LogP contribution >= 0.6 is 11.6 Å². The van der Waals surface area contributed by atoms with Crippen molar-refractivity contribution in [2.75, 3.05) is 5.32 Å². The third kappa shape index (κ3) is 4.45. The number of carbonyl (C=O) groups excluding carboxylic acids is 2. The Labute approximate surface area is 175 Å². The lowest BCUT2D eigenvalue weighted by molar-refractivity contribution is -0.121. The maximum Gasteiger partial charge on any atom is 0.229 e. The van der Waals surface area contributed by atoms with Crippen molar-refractivity contribution in [1.82, 2.24) is 5.32 Å². The molecule has 1 saturated carbocycles. The number of aryl methyl sites for hydroxylation is 2. The van der Waals surface area contributed by atoms with Crippen molar-refractivity contribution in [3.63, 3.8) is 0 Å². The van der Waals surface area contributed by atoms with Gasteiger partial charge in [-0.2, -0.15) is 0 Å². The molecule has 3 rings (SSSR count). The van der Waals surface area contributed by atoms with E-state index in [4.69, 9.17) is 11.6 Å². The second kappa shape index (κ2) is 8.15. The summed E-state index contributed by atoms with van der Waals surface area (Å²) in [6.45, 7) is 7.76. The summed E-state index contributed by atoms with van der Waals surface area (Å²) < 4.78 is 14.0. The van der Waals surface area contributed by atoms with Gasteiger partial charge in [-0.3, -0.25) is 9.59 Å². The molecule has 154 valence electrons. The molecule has 1 aliphatic rings. The lowest BCUT2D eigenvalue weighted by atomic mass is 10.0. The number of hydrogen-bond acceptors (Lipinski definition) is 2. The smallest absolute Gasteiger partial charge is 0.229 e. The van der Waals surface area contributed by atoms with Crippen LogP contribution in [0.15, 0.2) is 36.4 Å². The number of alkyl halides is 1. The largest absolute Gasteiger partial charge is 0.352 e. The first kappa shape index (κ1) is 21.3. The number of hydrogen-bond donors (Lipinski definition) is 2. The van der Waals surface area contributed by atoms with Gasteiger partial charge < -0.3 is 10.6 Å². The SMILES string of the molecule is CCC(=O)NCc1cc(NC(=O)C2C(c3ccc(C)c(C)c3)C2(C)Cl)ccc1F. The quantitative estimate of drug-likeness (QED) is 0.663. The molecule has 3 atom stereocenters. The third-order valence-corrected chi connectivity index (χ3v) is 6.19. The number of anilines is 1. The molecule has 0 radical (unpaired) electrons. The van der Waals surface area contributed by atoms with Crippen molar-refractivity contribution in [2.24, 2.45) is 5.92 Å². The predicted molar refractivity (Wildman–Crippen MR) is 114 cm³/mol. The molecule has 3 unspecified atom stereocenters. The normalized spacial score (nSPS) is 22.8. The molecule has 0 spiro atoms. The van der Waals surface area contributed by atoms with Crippen molar-refractivity contribution in [2.45, 2.75) is 51.5 Å². The van der Waals surface area contributed by atoms with Crippen LogP contribution in [-0.2, 0) is 16.1 Å². The fraction of sp³-hybridized carbons (Fsp3) is 0.391. The van der Waals surface area contributed by atoms with E-state index >= 15 is 0 Å². The zero-order chi connectivity index (χ0) is 21.3. The van der Waals surface area contributed by atoms with Crippen LogP contribution in [0, 0.1) is 25.6 Å². The molecule has 2 amide bonds. The molecule has 6 heteroatoms. The molecule has 1 fully saturated rings. The first-order valence-electron chi connectivity index (χ1n) is 9.77. The van der Waals surface area contributed by atoms with E-state index in [1.54, 1.807) is 13.0 Å². The Hall–Kier alpha value is -2.40. The van der Waals surface area contributed by atoms with Crippen molar-refractivity contribution in [3.05, 3.63) is 64.5 Å². The third-order valence-electron chi connectivity index (χ3n) is 5.72. The molecular weight excluding hydrogens is 391 g/mol. The Balaban J connectivity index is 1.73. The molecule has 0 aliphatic heterocycles. The van der Waals surface area contributed by atoms with E-state index in [-0.39, 0.29) is 30.2 Å². The Morgan fingerprint density at radius 1 is 1.14 bits per heavy atom. The van der Waals surface area contributed by atoms with Crippen LogP contribution in [0.5, 0.6) is 0 Å². The number of nitrogens with one attached hydrogen (secondary N) is 2. The van der Waals surface area contributed by atoms with Gasteiger partial charge in [0.2, 0.25) is 11.8 Å². The van der Waals surface area contributed by atoms with Gasteiger partial charge in [-0.15, -0.1) is 11.6 Å². The molecule has 1 aliphatic carbocycles. The van der Waals surface area contributed by atoms with E-state index in [0.717, 1.165) is 5.56 Å². The van der Waals surface area contributed by atoms with Gasteiger partial charge in [0.05, 0.1) is 10.8 Å². The Bertz CT molecular complexity index is 958. The molecule has 0 aromatic heterocycles. The van der Waals surface area contributed by atoms with Crippen molar-refractivity contribution < 1.29 is 14.0 Å². The van der Waals surface area contributed by atoms with E-state index < -0.39 is 10.7 Å². The molecule has 0 saturated heterocycles. The Morgan fingerprint density at radius 3 is 2.52 bits per heavy atom. The predicted octanol–water partition coefficient (Wildman–Crippen LogP) is 4.82. The van der Waals surface area contributed by atoms with Gasteiger partial charge in [0.1, 0.15) is 5.82 Å². The zero-order valence-corrected chi connectivity index (χ0v) is 17.9. The van der Waals surface area contributed by atoms with Crippen LogP contribution in [-0.4, -0.2) is 16.7 Å². The van der Waals surface area contributed by atoms with Gasteiger partial charge in [0.25, 0.3) is 0 Å². The second-order valence-electron chi connectivity index (χ2n) is 7.88. The van der Waals surface area contributed by atoms with E-state index in [9.17, 15) is 14.0 Å². The maximum atomic E-state index is 14.0. The summed E-state index contributed by atoms with van der Waals surface area (Å²) in [5.74, 6) is -1.24. The minimum atomic E-state index is -0.663. The topological polar surface area (TPSA) is 58.2 Å². The van der Waals surface area contributed by atoms with Crippen LogP contribution in [0.2, 0.25) is 0 Å². The van der Waals surface area contributed by atoms with Gasteiger partial charge in [0.15, 0.2) is 0 Å². The van der Waals surface area contributed by atoms with E-state index in [1.807, 2.05) is 32.9 Å². The molecular formula is C23H26ClFN2O2. The lowest BCUT2D eigenvalue weighted by Gasteiger charge is -2.10. The van der Waals surface area contributed by atoms with Crippen LogP contribution in [0.1, 0.15) is 48.4 Å². The number of amides is 2. The fourth-order valence-electron chi connectivity index (χ4n) is 3.69. The average molecular weight is 417 g/mol. The maximum absolute atomic E-state index is 14.0. The fourth-order valence-corrected chi connectivity index (χ4v) is 4.11. The molecule has 0 bridgehead atoms. The van der Waals surface area contributed by atoms with Gasteiger partial charge in [-0.25, -0.2) is 4.39 Å². The highest BCUT2D eigenvalue weighted by Gasteiger charge is 2.64.